The van der Waals surface area contributed by atoms with Gasteiger partial charge in [-0.15, -0.1) is 37.2 Å². The molecule has 0 saturated carbocycles. The van der Waals surface area contributed by atoms with Crippen LogP contribution >= 0.6 is 37.2 Å². The number of halogens is 3. The molecule has 0 spiro atoms. The molecule has 0 aromatic heterocycles. The van der Waals surface area contributed by atoms with E-state index < -0.39 is 0 Å². The predicted octanol–water partition coefficient (Wildman–Crippen LogP) is 0.559. The molecule has 8 heavy (non-hydrogen) atoms. The first-order valence-electron chi connectivity index (χ1n) is 1.82. The fourth-order valence-electron chi connectivity index (χ4n) is 0.118. The molecule has 0 aromatic rings. The molecular weight excluding hydrogens is 170 g/mol. The molecule has 2 nitrogen and oxygen atoms in total. The molecule has 0 aromatic carbocycles. The van der Waals surface area contributed by atoms with E-state index in [0.717, 1.165) is 19.5 Å². The van der Waals surface area contributed by atoms with E-state index >= 15 is 0 Å². The van der Waals surface area contributed by atoms with Crippen LogP contribution in [0.4, 0.5) is 0 Å². The zero-order valence-corrected chi connectivity index (χ0v) is 6.95. The molecule has 0 aliphatic heterocycles. The summed E-state index contributed by atoms with van der Waals surface area (Å²) in [5.74, 6) is 0. The minimum atomic E-state index is 0. The van der Waals surface area contributed by atoms with Gasteiger partial charge in [-0.25, -0.2) is 0 Å². The minimum absolute atomic E-state index is 0. The maximum atomic E-state index is 5.06. The van der Waals surface area contributed by atoms with Gasteiger partial charge >= 0.3 is 0 Å². The first-order chi connectivity index (χ1) is 2.41. The molecule has 0 aliphatic rings. The highest BCUT2D eigenvalue weighted by Crippen LogP contribution is 1.58. The van der Waals surface area contributed by atoms with Crippen molar-refractivity contribution in [2.45, 2.75) is 6.42 Å². The molecule has 0 atom stereocenters. The van der Waals surface area contributed by atoms with E-state index in [0.29, 0.717) is 0 Å². The smallest absolute Gasteiger partial charge is 0.00653 e. The van der Waals surface area contributed by atoms with Gasteiger partial charge in [0.05, 0.1) is 0 Å². The van der Waals surface area contributed by atoms with Crippen molar-refractivity contribution in [2.75, 3.05) is 13.1 Å². The van der Waals surface area contributed by atoms with E-state index in [1.807, 2.05) is 0 Å². The monoisotopic (exact) mass is 182 g/mol. The van der Waals surface area contributed by atoms with Gasteiger partial charge in [-0.1, -0.05) is 0 Å². The molecule has 0 saturated heterocycles. The van der Waals surface area contributed by atoms with Gasteiger partial charge in [-0.2, -0.15) is 0 Å². The molecule has 0 heterocycles. The fourth-order valence-corrected chi connectivity index (χ4v) is 0.118. The second-order valence-electron chi connectivity index (χ2n) is 0.931. The Bertz CT molecular complexity index is 20.0. The first-order valence-corrected chi connectivity index (χ1v) is 1.82. The summed E-state index contributed by atoms with van der Waals surface area (Å²) in [5.41, 5.74) is 10.1. The lowest BCUT2D eigenvalue weighted by molar-refractivity contribution is 0.844. The first kappa shape index (κ1) is 23.2. The van der Waals surface area contributed by atoms with Crippen molar-refractivity contribution in [2.24, 2.45) is 11.5 Å². The quantitative estimate of drug-likeness (QED) is 0.657. The number of nitrogens with two attached hydrogens (primary N) is 2. The SMILES string of the molecule is Cl.Cl.Cl.NCCCN. The Balaban J connectivity index is -0.0000000267. The van der Waals surface area contributed by atoms with Crippen LogP contribution in [0.2, 0.25) is 0 Å². The van der Waals surface area contributed by atoms with Gasteiger partial charge in [0.1, 0.15) is 0 Å². The van der Waals surface area contributed by atoms with Crippen molar-refractivity contribution in [1.29, 1.82) is 0 Å². The number of hydrogen-bond acceptors (Lipinski definition) is 2. The van der Waals surface area contributed by atoms with Crippen LogP contribution < -0.4 is 11.5 Å². The highest BCUT2D eigenvalue weighted by molar-refractivity contribution is 5.86. The molecule has 4 N–H and O–H groups in total. The van der Waals surface area contributed by atoms with Crippen LogP contribution in [0.5, 0.6) is 0 Å². The molecule has 0 fully saturated rings. The molecule has 0 rings (SSSR count). The Hall–Kier alpha value is 0.790. The minimum Gasteiger partial charge on any atom is -0.330 e. The number of hydrogen-bond donors (Lipinski definition) is 2. The maximum absolute atomic E-state index is 5.06. The molecule has 0 radical (unpaired) electrons. The summed E-state index contributed by atoms with van der Waals surface area (Å²) in [4.78, 5) is 0. The van der Waals surface area contributed by atoms with Crippen LogP contribution in [0.15, 0.2) is 0 Å². The third kappa shape index (κ3) is 29.2. The van der Waals surface area contributed by atoms with Crippen LogP contribution in [-0.4, -0.2) is 13.1 Å². The lowest BCUT2D eigenvalue weighted by Gasteiger charge is -1.81. The Morgan fingerprint density at radius 3 is 1.00 bits per heavy atom. The lowest BCUT2D eigenvalue weighted by atomic mass is 10.4. The van der Waals surface area contributed by atoms with Gasteiger partial charge < -0.3 is 11.5 Å². The molecule has 0 bridgehead atoms. The average Bonchev–Trinajstić information content (AvgIpc) is 1.41. The lowest BCUT2D eigenvalue weighted by Crippen LogP contribution is -2.06. The summed E-state index contributed by atoms with van der Waals surface area (Å²) in [7, 11) is 0. The third-order valence-electron chi connectivity index (χ3n) is 0.408. The highest BCUT2D eigenvalue weighted by atomic mass is 35.5. The van der Waals surface area contributed by atoms with Crippen molar-refractivity contribution >= 4 is 37.2 Å². The van der Waals surface area contributed by atoms with Crippen molar-refractivity contribution in [1.82, 2.24) is 0 Å². The summed E-state index contributed by atoms with van der Waals surface area (Å²) in [6, 6.07) is 0. The zero-order chi connectivity index (χ0) is 4.12. The summed E-state index contributed by atoms with van der Waals surface area (Å²) >= 11 is 0. The van der Waals surface area contributed by atoms with Crippen molar-refractivity contribution < 1.29 is 0 Å². The Kier molecular flexibility index (Phi) is 72.7. The van der Waals surface area contributed by atoms with Crippen molar-refractivity contribution in [3.8, 4) is 0 Å². The van der Waals surface area contributed by atoms with Gasteiger partial charge in [0, 0.05) is 0 Å². The van der Waals surface area contributed by atoms with E-state index in [2.05, 4.69) is 0 Å². The van der Waals surface area contributed by atoms with Gasteiger partial charge in [-0.3, -0.25) is 0 Å². The van der Waals surface area contributed by atoms with Crippen molar-refractivity contribution in [3.63, 3.8) is 0 Å². The summed E-state index contributed by atoms with van der Waals surface area (Å²) in [6.07, 6.45) is 0.944. The Labute approximate surface area is 68.6 Å². The summed E-state index contributed by atoms with van der Waals surface area (Å²) < 4.78 is 0. The van der Waals surface area contributed by atoms with Crippen molar-refractivity contribution in [3.05, 3.63) is 0 Å². The second-order valence-corrected chi connectivity index (χ2v) is 0.931. The molecule has 56 valence electrons. The Morgan fingerprint density at radius 2 is 1.00 bits per heavy atom. The van der Waals surface area contributed by atoms with E-state index in [1.165, 1.54) is 0 Å². The third-order valence-corrected chi connectivity index (χ3v) is 0.408. The highest BCUT2D eigenvalue weighted by Gasteiger charge is 1.67. The summed E-state index contributed by atoms with van der Waals surface area (Å²) in [6.45, 7) is 1.44. The van der Waals surface area contributed by atoms with Crippen LogP contribution in [0.3, 0.4) is 0 Å². The van der Waals surface area contributed by atoms with Gasteiger partial charge in [0.25, 0.3) is 0 Å². The number of rotatable bonds is 2. The van der Waals surface area contributed by atoms with Crippen LogP contribution in [-0.2, 0) is 0 Å². The Morgan fingerprint density at radius 1 is 0.750 bits per heavy atom. The summed E-state index contributed by atoms with van der Waals surface area (Å²) in [5, 5.41) is 0. The standard InChI is InChI=1S/C3H10N2.3ClH/c4-2-1-3-5;;;/h1-5H2;3*1H. The molecule has 5 heteroatoms. The molecular formula is C3H13Cl3N2. The van der Waals surface area contributed by atoms with E-state index in [9.17, 15) is 0 Å². The van der Waals surface area contributed by atoms with Gasteiger partial charge in [0.15, 0.2) is 0 Å². The van der Waals surface area contributed by atoms with Gasteiger partial charge in [0.2, 0.25) is 0 Å². The fraction of sp³-hybridized carbons (Fsp3) is 1.00. The van der Waals surface area contributed by atoms with Crippen LogP contribution in [0.25, 0.3) is 0 Å². The molecule has 0 amide bonds. The molecule has 0 unspecified atom stereocenters. The van der Waals surface area contributed by atoms with E-state index in [1.54, 1.807) is 0 Å². The molecule has 0 aliphatic carbocycles. The maximum Gasteiger partial charge on any atom is -0.00653 e. The topological polar surface area (TPSA) is 52.0 Å². The largest absolute Gasteiger partial charge is 0.330 e. The van der Waals surface area contributed by atoms with Crippen LogP contribution in [0.1, 0.15) is 6.42 Å². The van der Waals surface area contributed by atoms with Crippen LogP contribution in [0, 0.1) is 0 Å². The zero-order valence-electron chi connectivity index (χ0n) is 4.50. The average molecular weight is 184 g/mol. The van der Waals surface area contributed by atoms with E-state index in [4.69, 9.17) is 11.5 Å². The predicted molar refractivity (Wildman–Crippen MR) is 44.5 cm³/mol. The van der Waals surface area contributed by atoms with E-state index in [-0.39, 0.29) is 37.2 Å². The van der Waals surface area contributed by atoms with Gasteiger partial charge in [-0.05, 0) is 19.5 Å². The normalized spacial score (nSPS) is 5.25. The second kappa shape index (κ2) is 25.0.